The Bertz CT molecular complexity index is 563. The molecule has 0 bridgehead atoms. The van der Waals surface area contributed by atoms with Crippen molar-refractivity contribution in [2.75, 3.05) is 0 Å². The van der Waals surface area contributed by atoms with Crippen LogP contribution in [-0.4, -0.2) is 24.1 Å². The van der Waals surface area contributed by atoms with E-state index in [1.54, 1.807) is 16.8 Å². The average molecular weight is 300 g/mol. The van der Waals surface area contributed by atoms with Gasteiger partial charge >= 0.3 is 0 Å². The number of hydrogen-bond donors (Lipinski definition) is 2. The van der Waals surface area contributed by atoms with E-state index in [2.05, 4.69) is 11.6 Å². The zero-order valence-corrected chi connectivity index (χ0v) is 13.2. The summed E-state index contributed by atoms with van der Waals surface area (Å²) in [7, 11) is -3.49. The Morgan fingerprint density at radius 3 is 2.60 bits per heavy atom. The van der Waals surface area contributed by atoms with Crippen LogP contribution >= 0.6 is 0 Å². The maximum atomic E-state index is 12.4. The van der Waals surface area contributed by atoms with Crippen LogP contribution in [0.5, 0.6) is 0 Å². The second-order valence-corrected chi connectivity index (χ2v) is 7.78. The van der Waals surface area contributed by atoms with Gasteiger partial charge in [0.2, 0.25) is 10.0 Å². The van der Waals surface area contributed by atoms with Gasteiger partial charge in [0.1, 0.15) is 0 Å². The summed E-state index contributed by atoms with van der Waals surface area (Å²) in [5, 5.41) is 9.33. The van der Waals surface area contributed by atoms with E-state index in [0.717, 1.165) is 19.3 Å². The molecule has 1 fully saturated rings. The van der Waals surface area contributed by atoms with Gasteiger partial charge in [-0.1, -0.05) is 6.92 Å². The van der Waals surface area contributed by atoms with Crippen molar-refractivity contribution in [3.8, 4) is 0 Å². The monoisotopic (exact) mass is 300 g/mol. The largest absolute Gasteiger partial charge is 0.390 e. The van der Waals surface area contributed by atoms with Gasteiger partial charge in [0, 0.05) is 24.0 Å². The van der Waals surface area contributed by atoms with E-state index in [1.165, 1.54) is 0 Å². The number of nitrogens with one attached hydrogen (secondary N) is 1. The molecule has 114 valence electrons. The second kappa shape index (κ2) is 5.87. The van der Waals surface area contributed by atoms with Crippen molar-refractivity contribution in [1.29, 1.82) is 0 Å². The molecule has 0 aromatic carbocycles. The van der Waals surface area contributed by atoms with Crippen molar-refractivity contribution in [2.24, 2.45) is 5.92 Å². The molecule has 2 unspecified atom stereocenters. The van der Waals surface area contributed by atoms with Crippen LogP contribution in [0, 0.1) is 5.92 Å². The number of aliphatic hydroxyl groups is 1. The Balaban J connectivity index is 2.21. The normalized spacial score (nSPS) is 23.6. The summed E-state index contributed by atoms with van der Waals surface area (Å²) >= 11 is 0. The minimum absolute atomic E-state index is 0.0370. The second-order valence-electron chi connectivity index (χ2n) is 6.06. The molecule has 1 saturated carbocycles. The highest BCUT2D eigenvalue weighted by Gasteiger charge is 2.27. The minimum atomic E-state index is -3.49. The van der Waals surface area contributed by atoms with Crippen molar-refractivity contribution < 1.29 is 13.5 Å². The highest BCUT2D eigenvalue weighted by molar-refractivity contribution is 7.89. The maximum absolute atomic E-state index is 12.4. The van der Waals surface area contributed by atoms with Gasteiger partial charge in [0.05, 0.1) is 11.5 Å². The summed E-state index contributed by atoms with van der Waals surface area (Å²) in [6.45, 7) is 5.91. The van der Waals surface area contributed by atoms with Crippen LogP contribution in [0.2, 0.25) is 0 Å². The molecule has 20 heavy (non-hydrogen) atoms. The highest BCUT2D eigenvalue weighted by atomic mass is 32.2. The van der Waals surface area contributed by atoms with E-state index >= 15 is 0 Å². The number of aliphatic hydroxyl groups excluding tert-OH is 1. The van der Waals surface area contributed by atoms with Crippen molar-refractivity contribution >= 4 is 10.0 Å². The Labute approximate surface area is 121 Å². The van der Waals surface area contributed by atoms with Crippen LogP contribution in [0.15, 0.2) is 17.2 Å². The molecule has 0 radical (unpaired) electrons. The molecule has 0 amide bonds. The molecule has 0 saturated heterocycles. The van der Waals surface area contributed by atoms with Gasteiger partial charge in [0.25, 0.3) is 0 Å². The molecule has 2 atom stereocenters. The molecule has 1 aliphatic carbocycles. The third-order valence-corrected chi connectivity index (χ3v) is 5.44. The van der Waals surface area contributed by atoms with Gasteiger partial charge in [-0.3, -0.25) is 0 Å². The lowest BCUT2D eigenvalue weighted by Gasteiger charge is -2.12. The minimum Gasteiger partial charge on any atom is -0.390 e. The molecule has 1 aromatic heterocycles. The zero-order valence-electron chi connectivity index (χ0n) is 12.3. The zero-order chi connectivity index (χ0) is 14.9. The topological polar surface area (TPSA) is 71.3 Å². The Hall–Kier alpha value is -0.850. The third-order valence-electron chi connectivity index (χ3n) is 3.95. The Morgan fingerprint density at radius 1 is 1.45 bits per heavy atom. The molecule has 1 heterocycles. The van der Waals surface area contributed by atoms with Gasteiger partial charge in [-0.05, 0) is 45.1 Å². The molecule has 6 heteroatoms. The molecule has 2 rings (SSSR count). The lowest BCUT2D eigenvalue weighted by Crippen LogP contribution is -2.32. The summed E-state index contributed by atoms with van der Waals surface area (Å²) in [6.07, 6.45) is 4.48. The molecule has 0 spiro atoms. The van der Waals surface area contributed by atoms with Gasteiger partial charge < -0.3 is 9.67 Å². The van der Waals surface area contributed by atoms with Crippen molar-refractivity contribution in [1.82, 2.24) is 9.29 Å². The van der Waals surface area contributed by atoms with E-state index in [-0.39, 0.29) is 23.6 Å². The standard InChI is InChI=1S/C14H24N2O3S/c1-10(2)16-8-14(7-13(16)9-17)20(18,19)15-12-5-4-11(3)6-12/h7-8,10-12,15,17H,4-6,9H2,1-3H3. The smallest absolute Gasteiger partial charge is 0.242 e. The lowest BCUT2D eigenvalue weighted by atomic mass is 10.1. The maximum Gasteiger partial charge on any atom is 0.242 e. The lowest BCUT2D eigenvalue weighted by molar-refractivity contribution is 0.268. The number of hydrogen-bond acceptors (Lipinski definition) is 3. The molecule has 1 aromatic rings. The summed E-state index contributed by atoms with van der Waals surface area (Å²) < 4.78 is 29.4. The fourth-order valence-corrected chi connectivity index (χ4v) is 4.19. The Kier molecular flexibility index (Phi) is 4.56. The summed E-state index contributed by atoms with van der Waals surface area (Å²) in [6, 6.07) is 1.71. The van der Waals surface area contributed by atoms with Crippen LogP contribution in [-0.2, 0) is 16.6 Å². The number of aromatic nitrogens is 1. The number of nitrogens with zero attached hydrogens (tertiary/aromatic N) is 1. The van der Waals surface area contributed by atoms with Gasteiger partial charge in [0.15, 0.2) is 0 Å². The summed E-state index contributed by atoms with van der Waals surface area (Å²) in [4.78, 5) is 0.245. The highest BCUT2D eigenvalue weighted by Crippen LogP contribution is 2.26. The summed E-state index contributed by atoms with van der Waals surface area (Å²) in [5.74, 6) is 0.580. The van der Waals surface area contributed by atoms with Crippen LogP contribution < -0.4 is 4.72 Å². The quantitative estimate of drug-likeness (QED) is 0.874. The van der Waals surface area contributed by atoms with E-state index < -0.39 is 10.0 Å². The molecule has 1 aliphatic rings. The van der Waals surface area contributed by atoms with E-state index in [9.17, 15) is 13.5 Å². The predicted molar refractivity (Wildman–Crippen MR) is 77.9 cm³/mol. The van der Waals surface area contributed by atoms with Gasteiger partial charge in [-0.2, -0.15) is 0 Å². The van der Waals surface area contributed by atoms with Gasteiger partial charge in [-0.15, -0.1) is 0 Å². The molecule has 0 aliphatic heterocycles. The van der Waals surface area contributed by atoms with Crippen LogP contribution in [0.1, 0.15) is 51.8 Å². The molecular formula is C14H24N2O3S. The number of rotatable bonds is 5. The first-order valence-electron chi connectivity index (χ1n) is 7.17. The summed E-state index contributed by atoms with van der Waals surface area (Å²) in [5.41, 5.74) is 0.625. The first-order valence-corrected chi connectivity index (χ1v) is 8.65. The SMILES string of the molecule is CC1CCC(NS(=O)(=O)c2cc(CO)n(C(C)C)c2)C1. The van der Waals surface area contributed by atoms with E-state index in [0.29, 0.717) is 11.6 Å². The van der Waals surface area contributed by atoms with E-state index in [1.807, 2.05) is 13.8 Å². The van der Waals surface area contributed by atoms with Crippen LogP contribution in [0.4, 0.5) is 0 Å². The fraction of sp³-hybridized carbons (Fsp3) is 0.714. The first-order chi connectivity index (χ1) is 9.33. The third kappa shape index (κ3) is 3.24. The van der Waals surface area contributed by atoms with Gasteiger partial charge in [-0.25, -0.2) is 13.1 Å². The van der Waals surface area contributed by atoms with E-state index in [4.69, 9.17) is 0 Å². The van der Waals surface area contributed by atoms with Crippen molar-refractivity contribution in [3.63, 3.8) is 0 Å². The average Bonchev–Trinajstić information content (AvgIpc) is 2.95. The van der Waals surface area contributed by atoms with Crippen LogP contribution in [0.25, 0.3) is 0 Å². The molecular weight excluding hydrogens is 276 g/mol. The van der Waals surface area contributed by atoms with Crippen molar-refractivity contribution in [3.05, 3.63) is 18.0 Å². The van der Waals surface area contributed by atoms with Crippen LogP contribution in [0.3, 0.4) is 0 Å². The van der Waals surface area contributed by atoms with Crippen molar-refractivity contribution in [2.45, 2.75) is 63.6 Å². The molecule has 2 N–H and O–H groups in total. The molecule has 5 nitrogen and oxygen atoms in total. The Morgan fingerprint density at radius 2 is 2.15 bits per heavy atom. The first kappa shape index (κ1) is 15.5. The number of sulfonamides is 1. The fourth-order valence-electron chi connectivity index (χ4n) is 2.85. The predicted octanol–water partition coefficient (Wildman–Crippen LogP) is 2.03.